The average Bonchev–Trinajstić information content (AvgIpc) is 3.61. The molecule has 0 radical (unpaired) electrons. The fourth-order valence-corrected chi connectivity index (χ4v) is 4.05. The Hall–Kier alpha value is -4.19. The fraction of sp³-hybridized carbons (Fsp3) is 0.207. The molecular formula is C29H28N4O2. The zero-order valence-electron chi connectivity index (χ0n) is 19.7. The van der Waals surface area contributed by atoms with E-state index in [4.69, 9.17) is 5.10 Å². The van der Waals surface area contributed by atoms with E-state index in [-0.39, 0.29) is 11.8 Å². The van der Waals surface area contributed by atoms with Crippen LogP contribution in [-0.4, -0.2) is 39.6 Å². The minimum atomic E-state index is -0.0984. The van der Waals surface area contributed by atoms with Crippen LogP contribution in [0.2, 0.25) is 0 Å². The minimum Gasteiger partial charge on any atom is -0.349 e. The summed E-state index contributed by atoms with van der Waals surface area (Å²) < 4.78 is 1.83. The quantitative estimate of drug-likeness (QED) is 0.409. The third kappa shape index (κ3) is 5.49. The third-order valence-electron chi connectivity index (χ3n) is 6.12. The minimum absolute atomic E-state index is 0.0400. The lowest BCUT2D eigenvalue weighted by atomic mass is 10.1. The number of nitrogens with one attached hydrogen (secondary N) is 1. The molecule has 0 unspecified atom stereocenters. The number of hydrogen-bond acceptors (Lipinski definition) is 3. The van der Waals surface area contributed by atoms with Crippen molar-refractivity contribution in [3.8, 4) is 11.3 Å². The molecule has 176 valence electrons. The zero-order chi connectivity index (χ0) is 24.2. The van der Waals surface area contributed by atoms with Gasteiger partial charge in [-0.1, -0.05) is 72.8 Å². The van der Waals surface area contributed by atoms with Gasteiger partial charge in [0, 0.05) is 37.0 Å². The van der Waals surface area contributed by atoms with E-state index in [1.807, 2.05) is 95.8 Å². The van der Waals surface area contributed by atoms with Gasteiger partial charge in [0.2, 0.25) is 0 Å². The van der Waals surface area contributed by atoms with Crippen LogP contribution in [0.1, 0.15) is 44.7 Å². The van der Waals surface area contributed by atoms with E-state index in [0.29, 0.717) is 36.0 Å². The van der Waals surface area contributed by atoms with Gasteiger partial charge in [0.1, 0.15) is 5.69 Å². The molecule has 1 N–H and O–H groups in total. The summed E-state index contributed by atoms with van der Waals surface area (Å²) in [6.07, 6.45) is 3.95. The second-order valence-corrected chi connectivity index (χ2v) is 9.05. The molecule has 6 nitrogen and oxygen atoms in total. The first-order valence-corrected chi connectivity index (χ1v) is 11.9. The van der Waals surface area contributed by atoms with Gasteiger partial charge in [-0.25, -0.2) is 0 Å². The van der Waals surface area contributed by atoms with Crippen LogP contribution in [0.4, 0.5) is 0 Å². The van der Waals surface area contributed by atoms with Crippen LogP contribution in [0, 0.1) is 0 Å². The van der Waals surface area contributed by atoms with Gasteiger partial charge >= 0.3 is 0 Å². The van der Waals surface area contributed by atoms with Crippen LogP contribution in [-0.2, 0) is 13.1 Å². The van der Waals surface area contributed by atoms with Crippen molar-refractivity contribution in [2.45, 2.75) is 32.0 Å². The zero-order valence-corrected chi connectivity index (χ0v) is 19.7. The molecule has 1 aromatic heterocycles. The standard InChI is InChI=1S/C29H28N4O2/c1-32(18-22-12-14-24(15-13-22)28(34)30-25-16-17-25)29(35)26-20-33(19-21-8-4-2-5-9-21)31-27(26)23-10-6-3-7-11-23/h2-15,20,25H,16-19H2,1H3,(H,30,34). The number of amides is 2. The first-order valence-electron chi connectivity index (χ1n) is 11.9. The number of nitrogens with zero attached hydrogens (tertiary/aromatic N) is 3. The van der Waals surface area contributed by atoms with Crippen LogP contribution in [0.25, 0.3) is 11.3 Å². The summed E-state index contributed by atoms with van der Waals surface area (Å²) in [6, 6.07) is 27.6. The Balaban J connectivity index is 1.34. The van der Waals surface area contributed by atoms with Crippen molar-refractivity contribution in [1.82, 2.24) is 20.0 Å². The molecule has 0 bridgehead atoms. The molecule has 0 spiro atoms. The molecule has 4 aromatic rings. The maximum absolute atomic E-state index is 13.5. The summed E-state index contributed by atoms with van der Waals surface area (Å²) in [5, 5.41) is 7.77. The van der Waals surface area contributed by atoms with Crippen molar-refractivity contribution in [2.75, 3.05) is 7.05 Å². The Bertz CT molecular complexity index is 1310. The van der Waals surface area contributed by atoms with E-state index in [0.717, 1.165) is 29.5 Å². The van der Waals surface area contributed by atoms with Crippen LogP contribution in [0.15, 0.2) is 91.1 Å². The van der Waals surface area contributed by atoms with E-state index >= 15 is 0 Å². The Morgan fingerprint density at radius 1 is 0.914 bits per heavy atom. The summed E-state index contributed by atoms with van der Waals surface area (Å²) in [5.41, 5.74) is 4.86. The molecule has 0 aliphatic heterocycles. The second-order valence-electron chi connectivity index (χ2n) is 9.05. The van der Waals surface area contributed by atoms with Crippen LogP contribution >= 0.6 is 0 Å². The first kappa shape index (κ1) is 22.6. The highest BCUT2D eigenvalue weighted by Gasteiger charge is 2.24. The number of aromatic nitrogens is 2. The van der Waals surface area contributed by atoms with E-state index in [2.05, 4.69) is 5.32 Å². The van der Waals surface area contributed by atoms with Gasteiger partial charge < -0.3 is 10.2 Å². The number of carbonyl (C=O) groups excluding carboxylic acids is 2. The van der Waals surface area contributed by atoms with E-state index in [1.165, 1.54) is 0 Å². The van der Waals surface area contributed by atoms with Gasteiger partial charge in [0.15, 0.2) is 0 Å². The van der Waals surface area contributed by atoms with E-state index in [1.54, 1.807) is 11.9 Å². The van der Waals surface area contributed by atoms with Crippen LogP contribution in [0.3, 0.4) is 0 Å². The van der Waals surface area contributed by atoms with Gasteiger partial charge in [-0.15, -0.1) is 0 Å². The molecule has 0 atom stereocenters. The van der Waals surface area contributed by atoms with Crippen molar-refractivity contribution in [2.24, 2.45) is 0 Å². The largest absolute Gasteiger partial charge is 0.349 e. The normalized spacial score (nSPS) is 12.8. The van der Waals surface area contributed by atoms with Crippen molar-refractivity contribution >= 4 is 11.8 Å². The lowest BCUT2D eigenvalue weighted by Crippen LogP contribution is -2.27. The third-order valence-corrected chi connectivity index (χ3v) is 6.12. The van der Waals surface area contributed by atoms with Crippen molar-refractivity contribution in [1.29, 1.82) is 0 Å². The first-order chi connectivity index (χ1) is 17.1. The smallest absolute Gasteiger partial charge is 0.257 e. The molecule has 0 saturated heterocycles. The van der Waals surface area contributed by atoms with Crippen LogP contribution < -0.4 is 5.32 Å². The molecule has 35 heavy (non-hydrogen) atoms. The van der Waals surface area contributed by atoms with Crippen molar-refractivity contribution < 1.29 is 9.59 Å². The topological polar surface area (TPSA) is 67.2 Å². The lowest BCUT2D eigenvalue weighted by molar-refractivity contribution is 0.0785. The van der Waals surface area contributed by atoms with Gasteiger partial charge in [0.25, 0.3) is 11.8 Å². The molecule has 1 heterocycles. The number of hydrogen-bond donors (Lipinski definition) is 1. The number of benzene rings is 3. The molecule has 1 aliphatic carbocycles. The van der Waals surface area contributed by atoms with Gasteiger partial charge in [-0.05, 0) is 36.1 Å². The summed E-state index contributed by atoms with van der Waals surface area (Å²) in [6.45, 7) is 1.02. The Morgan fingerprint density at radius 3 is 2.23 bits per heavy atom. The van der Waals surface area contributed by atoms with Crippen molar-refractivity contribution in [3.05, 3.63) is 113 Å². The molecule has 1 aliphatic rings. The predicted octanol–water partition coefficient (Wildman–Crippen LogP) is 4.76. The average molecular weight is 465 g/mol. The summed E-state index contributed by atoms with van der Waals surface area (Å²) in [4.78, 5) is 27.5. The number of rotatable bonds is 8. The molecule has 1 saturated carbocycles. The summed E-state index contributed by atoms with van der Waals surface area (Å²) in [7, 11) is 1.79. The molecule has 6 heteroatoms. The molecular weight excluding hydrogens is 436 g/mol. The predicted molar refractivity (Wildman–Crippen MR) is 136 cm³/mol. The summed E-state index contributed by atoms with van der Waals surface area (Å²) in [5.74, 6) is -0.138. The molecule has 1 fully saturated rings. The van der Waals surface area contributed by atoms with Gasteiger partial charge in [0.05, 0.1) is 12.1 Å². The van der Waals surface area contributed by atoms with E-state index in [9.17, 15) is 9.59 Å². The molecule has 3 aromatic carbocycles. The Kier molecular flexibility index (Phi) is 6.44. The van der Waals surface area contributed by atoms with Crippen molar-refractivity contribution in [3.63, 3.8) is 0 Å². The Morgan fingerprint density at radius 2 is 1.57 bits per heavy atom. The SMILES string of the molecule is CN(Cc1ccc(C(=O)NC2CC2)cc1)C(=O)c1cn(Cc2ccccc2)nc1-c1ccccc1. The van der Waals surface area contributed by atoms with Gasteiger partial charge in [-0.3, -0.25) is 14.3 Å². The summed E-state index contributed by atoms with van der Waals surface area (Å²) >= 11 is 0. The maximum atomic E-state index is 13.5. The Labute approximate surface area is 205 Å². The monoisotopic (exact) mass is 464 g/mol. The van der Waals surface area contributed by atoms with Crippen LogP contribution in [0.5, 0.6) is 0 Å². The highest BCUT2D eigenvalue weighted by molar-refractivity contribution is 5.99. The molecule has 5 rings (SSSR count). The maximum Gasteiger partial charge on any atom is 0.257 e. The molecule has 2 amide bonds. The highest BCUT2D eigenvalue weighted by Crippen LogP contribution is 2.24. The highest BCUT2D eigenvalue weighted by atomic mass is 16.2. The van der Waals surface area contributed by atoms with E-state index < -0.39 is 0 Å². The fourth-order valence-electron chi connectivity index (χ4n) is 4.05. The lowest BCUT2D eigenvalue weighted by Gasteiger charge is -2.17. The second kappa shape index (κ2) is 9.97. The number of carbonyl (C=O) groups is 2. The van der Waals surface area contributed by atoms with Gasteiger partial charge in [-0.2, -0.15) is 5.10 Å².